The van der Waals surface area contributed by atoms with Gasteiger partial charge in [0.15, 0.2) is 0 Å². The highest BCUT2D eigenvalue weighted by atomic mass is 16.5. The zero-order valence-corrected chi connectivity index (χ0v) is 13.2. The topological polar surface area (TPSA) is 56.8 Å². The predicted molar refractivity (Wildman–Crippen MR) is 77.7 cm³/mol. The van der Waals surface area contributed by atoms with Crippen LogP contribution >= 0.6 is 0 Å². The maximum absolute atomic E-state index is 12.1. The molecule has 1 aliphatic rings. The van der Waals surface area contributed by atoms with Crippen LogP contribution < -0.4 is 5.32 Å². The van der Waals surface area contributed by atoms with Gasteiger partial charge < -0.3 is 19.5 Å². The van der Waals surface area contributed by atoms with E-state index in [2.05, 4.69) is 5.32 Å². The number of ether oxygens (including phenoxy) is 3. The SMILES string of the molecule is CCOCC(C)OCCC1CCCC1(NC)C(=O)OC. The zero-order chi connectivity index (χ0) is 15.0. The molecule has 3 atom stereocenters. The zero-order valence-electron chi connectivity index (χ0n) is 13.2. The molecule has 0 aromatic rings. The normalized spacial score (nSPS) is 27.5. The Kier molecular flexibility index (Phi) is 7.48. The quantitative estimate of drug-likeness (QED) is 0.655. The first kappa shape index (κ1) is 17.4. The predicted octanol–water partition coefficient (Wildman–Crippen LogP) is 1.75. The van der Waals surface area contributed by atoms with E-state index in [9.17, 15) is 4.79 Å². The molecule has 118 valence electrons. The number of methoxy groups -OCH3 is 1. The molecule has 0 aliphatic heterocycles. The fourth-order valence-electron chi connectivity index (χ4n) is 3.09. The van der Waals surface area contributed by atoms with E-state index in [1.165, 1.54) is 7.11 Å². The minimum absolute atomic E-state index is 0.0958. The van der Waals surface area contributed by atoms with Gasteiger partial charge in [-0.3, -0.25) is 4.79 Å². The molecule has 0 bridgehead atoms. The Morgan fingerprint density at radius 2 is 2.25 bits per heavy atom. The van der Waals surface area contributed by atoms with E-state index >= 15 is 0 Å². The van der Waals surface area contributed by atoms with E-state index < -0.39 is 5.54 Å². The molecular weight excluding hydrogens is 258 g/mol. The van der Waals surface area contributed by atoms with Gasteiger partial charge in [0.2, 0.25) is 0 Å². The Morgan fingerprint density at radius 1 is 1.50 bits per heavy atom. The summed E-state index contributed by atoms with van der Waals surface area (Å²) in [6.07, 6.45) is 3.90. The number of esters is 1. The van der Waals surface area contributed by atoms with Gasteiger partial charge in [-0.05, 0) is 46.1 Å². The average molecular weight is 287 g/mol. The van der Waals surface area contributed by atoms with Crippen LogP contribution in [-0.4, -0.2) is 51.6 Å². The number of carbonyl (C=O) groups is 1. The van der Waals surface area contributed by atoms with Crippen LogP contribution in [0.15, 0.2) is 0 Å². The van der Waals surface area contributed by atoms with Gasteiger partial charge in [0.05, 0.1) is 19.8 Å². The minimum Gasteiger partial charge on any atom is -0.468 e. The van der Waals surface area contributed by atoms with Gasteiger partial charge in [-0.25, -0.2) is 0 Å². The summed E-state index contributed by atoms with van der Waals surface area (Å²) in [6, 6.07) is 0. The second-order valence-corrected chi connectivity index (χ2v) is 5.43. The van der Waals surface area contributed by atoms with Gasteiger partial charge in [-0.2, -0.15) is 0 Å². The summed E-state index contributed by atoms with van der Waals surface area (Å²) in [5.74, 6) is 0.129. The second kappa shape index (κ2) is 8.60. The molecule has 0 amide bonds. The lowest BCUT2D eigenvalue weighted by Gasteiger charge is -2.32. The molecule has 1 saturated carbocycles. The van der Waals surface area contributed by atoms with Crippen LogP contribution in [0.2, 0.25) is 0 Å². The van der Waals surface area contributed by atoms with Crippen LogP contribution in [0.5, 0.6) is 0 Å². The van der Waals surface area contributed by atoms with Gasteiger partial charge in [-0.1, -0.05) is 6.42 Å². The highest BCUT2D eigenvalue weighted by molar-refractivity contribution is 5.81. The standard InChI is InChI=1S/C15H29NO4/c1-5-19-11-12(2)20-10-8-13-7-6-9-15(13,16-3)14(17)18-4/h12-13,16H,5-11H2,1-4H3. The van der Waals surface area contributed by atoms with Crippen LogP contribution in [0.25, 0.3) is 0 Å². The fourth-order valence-corrected chi connectivity index (χ4v) is 3.09. The molecule has 3 unspecified atom stereocenters. The molecule has 1 N–H and O–H groups in total. The van der Waals surface area contributed by atoms with Gasteiger partial charge in [0, 0.05) is 13.2 Å². The minimum atomic E-state index is -0.527. The van der Waals surface area contributed by atoms with E-state index in [0.29, 0.717) is 19.8 Å². The van der Waals surface area contributed by atoms with Crippen molar-refractivity contribution in [1.82, 2.24) is 5.32 Å². The average Bonchev–Trinajstić information content (AvgIpc) is 2.88. The lowest BCUT2D eigenvalue weighted by molar-refractivity contribution is -0.150. The summed E-state index contributed by atoms with van der Waals surface area (Å²) in [5.41, 5.74) is -0.527. The molecule has 20 heavy (non-hydrogen) atoms. The lowest BCUT2D eigenvalue weighted by atomic mass is 9.85. The Morgan fingerprint density at radius 3 is 2.85 bits per heavy atom. The second-order valence-electron chi connectivity index (χ2n) is 5.43. The first-order valence-corrected chi connectivity index (χ1v) is 7.57. The van der Waals surface area contributed by atoms with E-state index in [0.717, 1.165) is 25.7 Å². The smallest absolute Gasteiger partial charge is 0.326 e. The summed E-state index contributed by atoms with van der Waals surface area (Å²) in [7, 11) is 3.30. The highest BCUT2D eigenvalue weighted by Gasteiger charge is 2.48. The van der Waals surface area contributed by atoms with Crippen LogP contribution in [0, 0.1) is 5.92 Å². The summed E-state index contributed by atoms with van der Waals surface area (Å²) in [6.45, 7) is 5.97. The van der Waals surface area contributed by atoms with Gasteiger partial charge in [0.25, 0.3) is 0 Å². The molecule has 0 saturated heterocycles. The Balaban J connectivity index is 2.43. The van der Waals surface area contributed by atoms with Crippen LogP contribution in [0.3, 0.4) is 0 Å². The molecule has 0 spiro atoms. The van der Waals surface area contributed by atoms with Crippen LogP contribution in [-0.2, 0) is 19.0 Å². The molecule has 0 aromatic heterocycles. The monoisotopic (exact) mass is 287 g/mol. The van der Waals surface area contributed by atoms with Crippen molar-refractivity contribution in [1.29, 1.82) is 0 Å². The number of nitrogens with one attached hydrogen (secondary N) is 1. The van der Waals surface area contributed by atoms with Crippen LogP contribution in [0.1, 0.15) is 39.5 Å². The van der Waals surface area contributed by atoms with Crippen molar-refractivity contribution in [3.05, 3.63) is 0 Å². The maximum atomic E-state index is 12.1. The third-order valence-corrected chi connectivity index (χ3v) is 4.24. The van der Waals surface area contributed by atoms with Gasteiger partial charge in [-0.15, -0.1) is 0 Å². The Hall–Kier alpha value is -0.650. The first-order valence-electron chi connectivity index (χ1n) is 7.57. The van der Waals surface area contributed by atoms with Crippen LogP contribution in [0.4, 0.5) is 0 Å². The fraction of sp³-hybridized carbons (Fsp3) is 0.933. The van der Waals surface area contributed by atoms with E-state index in [1.807, 2.05) is 20.9 Å². The summed E-state index contributed by atoms with van der Waals surface area (Å²) >= 11 is 0. The van der Waals surface area contributed by atoms with Gasteiger partial charge >= 0.3 is 5.97 Å². The largest absolute Gasteiger partial charge is 0.468 e. The van der Waals surface area contributed by atoms with Crippen molar-refractivity contribution >= 4 is 5.97 Å². The maximum Gasteiger partial charge on any atom is 0.326 e. The molecule has 1 fully saturated rings. The molecule has 0 heterocycles. The molecular formula is C15H29NO4. The summed E-state index contributed by atoms with van der Waals surface area (Å²) in [4.78, 5) is 12.1. The number of carbonyl (C=O) groups excluding carboxylic acids is 1. The lowest BCUT2D eigenvalue weighted by Crippen LogP contribution is -2.54. The number of rotatable bonds is 9. The molecule has 5 nitrogen and oxygen atoms in total. The van der Waals surface area contributed by atoms with Crippen molar-refractivity contribution in [2.24, 2.45) is 5.92 Å². The van der Waals surface area contributed by atoms with Crippen molar-refractivity contribution in [2.75, 3.05) is 34.0 Å². The van der Waals surface area contributed by atoms with E-state index in [1.54, 1.807) is 0 Å². The summed E-state index contributed by atoms with van der Waals surface area (Å²) in [5, 5.41) is 3.20. The molecule has 0 aromatic carbocycles. The van der Waals surface area contributed by atoms with Crippen molar-refractivity contribution in [3.63, 3.8) is 0 Å². The van der Waals surface area contributed by atoms with Crippen molar-refractivity contribution < 1.29 is 19.0 Å². The van der Waals surface area contributed by atoms with E-state index in [4.69, 9.17) is 14.2 Å². The van der Waals surface area contributed by atoms with Crippen molar-refractivity contribution in [2.45, 2.75) is 51.2 Å². The number of hydrogen-bond donors (Lipinski definition) is 1. The van der Waals surface area contributed by atoms with E-state index in [-0.39, 0.29) is 18.0 Å². The first-order chi connectivity index (χ1) is 9.60. The molecule has 0 radical (unpaired) electrons. The highest BCUT2D eigenvalue weighted by Crippen LogP contribution is 2.38. The number of likely N-dealkylation sites (N-methyl/N-ethyl adjacent to an activating group) is 1. The molecule has 1 rings (SSSR count). The third-order valence-electron chi connectivity index (χ3n) is 4.24. The Labute approximate surface area is 122 Å². The molecule has 5 heteroatoms. The van der Waals surface area contributed by atoms with Gasteiger partial charge in [0.1, 0.15) is 5.54 Å². The van der Waals surface area contributed by atoms with Crippen molar-refractivity contribution in [3.8, 4) is 0 Å². The Bertz CT molecular complexity index is 298. The summed E-state index contributed by atoms with van der Waals surface area (Å²) < 4.78 is 16.1. The molecule has 1 aliphatic carbocycles. The third kappa shape index (κ3) is 4.17. The number of hydrogen-bond acceptors (Lipinski definition) is 5.